The van der Waals surface area contributed by atoms with Crippen molar-refractivity contribution in [1.29, 1.82) is 0 Å². The van der Waals surface area contributed by atoms with Crippen LogP contribution in [0, 0.1) is 0 Å². The van der Waals surface area contributed by atoms with Gasteiger partial charge in [-0.2, -0.15) is 0 Å². The third kappa shape index (κ3) is 5.63. The number of nitrogens with zero attached hydrogens (tertiary/aromatic N) is 3. The first-order chi connectivity index (χ1) is 13.7. The van der Waals surface area contributed by atoms with Crippen molar-refractivity contribution >= 4 is 23.1 Å². The van der Waals surface area contributed by atoms with E-state index < -0.39 is 0 Å². The maximum atomic E-state index is 12.1. The highest BCUT2D eigenvalue weighted by molar-refractivity contribution is 5.99. The van der Waals surface area contributed by atoms with E-state index in [-0.39, 0.29) is 24.5 Å². The molecule has 1 N–H and O–H groups in total. The molecule has 1 aromatic carbocycles. The number of ketones is 1. The van der Waals surface area contributed by atoms with Crippen molar-refractivity contribution in [3.63, 3.8) is 0 Å². The Morgan fingerprint density at radius 3 is 2.43 bits per heavy atom. The van der Waals surface area contributed by atoms with Crippen molar-refractivity contribution < 1.29 is 9.59 Å². The molecule has 0 atom stereocenters. The molecule has 1 amide bonds. The van der Waals surface area contributed by atoms with Crippen molar-refractivity contribution in [2.24, 2.45) is 0 Å². The first-order valence-corrected chi connectivity index (χ1v) is 9.96. The minimum atomic E-state index is -0.154. The van der Waals surface area contributed by atoms with Crippen LogP contribution in [0.1, 0.15) is 36.5 Å². The molecule has 0 radical (unpaired) electrons. The van der Waals surface area contributed by atoms with Gasteiger partial charge in [-0.3, -0.25) is 19.5 Å². The molecule has 6 nitrogen and oxygen atoms in total. The average molecular weight is 380 g/mol. The lowest BCUT2D eigenvalue weighted by Gasteiger charge is -2.36. The van der Waals surface area contributed by atoms with E-state index in [2.05, 4.69) is 27.0 Å². The molecule has 28 heavy (non-hydrogen) atoms. The molecule has 1 aromatic heterocycles. The Bertz CT molecular complexity index is 769. The van der Waals surface area contributed by atoms with Crippen LogP contribution in [-0.4, -0.2) is 54.3 Å². The Morgan fingerprint density at radius 1 is 1.04 bits per heavy atom. The van der Waals surface area contributed by atoms with E-state index in [1.807, 2.05) is 24.3 Å². The van der Waals surface area contributed by atoms with Gasteiger partial charge >= 0.3 is 0 Å². The smallest absolute Gasteiger partial charge is 0.224 e. The Labute approximate surface area is 166 Å². The van der Waals surface area contributed by atoms with E-state index in [0.29, 0.717) is 5.56 Å². The van der Waals surface area contributed by atoms with Gasteiger partial charge in [0.2, 0.25) is 5.91 Å². The van der Waals surface area contributed by atoms with Crippen LogP contribution < -0.4 is 10.2 Å². The Kier molecular flexibility index (Phi) is 7.14. The molecule has 2 aromatic rings. The molecule has 0 aliphatic carbocycles. The molecule has 148 valence electrons. The van der Waals surface area contributed by atoms with Gasteiger partial charge in [0.05, 0.1) is 0 Å². The van der Waals surface area contributed by atoms with Crippen molar-refractivity contribution in [2.75, 3.05) is 42.9 Å². The number of hydrogen-bond acceptors (Lipinski definition) is 5. The number of benzene rings is 1. The SMILES string of the molecule is CCCN1CCN(c2ccc(NC(=O)CCC(=O)c3cccnc3)cc2)CC1. The van der Waals surface area contributed by atoms with E-state index in [9.17, 15) is 9.59 Å². The molecule has 1 aliphatic rings. The van der Waals surface area contributed by atoms with Gasteiger partial charge in [-0.15, -0.1) is 0 Å². The summed E-state index contributed by atoms with van der Waals surface area (Å²) in [6.45, 7) is 7.63. The van der Waals surface area contributed by atoms with E-state index in [4.69, 9.17) is 0 Å². The standard InChI is InChI=1S/C22H28N4O2/c1-2-12-25-13-15-26(16-14-25)20-7-5-19(6-8-20)24-22(28)10-9-21(27)18-4-3-11-23-17-18/h3-8,11,17H,2,9-10,12-16H2,1H3,(H,24,28). The summed E-state index contributed by atoms with van der Waals surface area (Å²) in [5.41, 5.74) is 2.48. The molecule has 0 saturated carbocycles. The van der Waals surface area contributed by atoms with Gasteiger partial charge in [-0.1, -0.05) is 6.92 Å². The molecular formula is C22H28N4O2. The lowest BCUT2D eigenvalue weighted by Crippen LogP contribution is -2.46. The lowest BCUT2D eigenvalue weighted by molar-refractivity contribution is -0.116. The van der Waals surface area contributed by atoms with Crippen molar-refractivity contribution in [3.8, 4) is 0 Å². The monoisotopic (exact) mass is 380 g/mol. The van der Waals surface area contributed by atoms with Crippen LogP contribution in [0.25, 0.3) is 0 Å². The van der Waals surface area contributed by atoms with E-state index in [1.54, 1.807) is 18.3 Å². The summed E-state index contributed by atoms with van der Waals surface area (Å²) in [5, 5.41) is 2.87. The molecule has 3 rings (SSSR count). The molecule has 0 unspecified atom stereocenters. The zero-order valence-corrected chi connectivity index (χ0v) is 16.4. The molecule has 1 saturated heterocycles. The quantitative estimate of drug-likeness (QED) is 0.713. The van der Waals surface area contributed by atoms with Crippen LogP contribution in [-0.2, 0) is 4.79 Å². The van der Waals surface area contributed by atoms with Gasteiger partial charge in [0, 0.05) is 68.4 Å². The van der Waals surface area contributed by atoms with Gasteiger partial charge in [-0.05, 0) is 49.4 Å². The van der Waals surface area contributed by atoms with Gasteiger partial charge in [-0.25, -0.2) is 0 Å². The fourth-order valence-corrected chi connectivity index (χ4v) is 3.42. The number of piperazine rings is 1. The summed E-state index contributed by atoms with van der Waals surface area (Å²) < 4.78 is 0. The summed E-state index contributed by atoms with van der Waals surface area (Å²) in [6.07, 6.45) is 4.69. The first kappa shape index (κ1) is 20.0. The fourth-order valence-electron chi connectivity index (χ4n) is 3.42. The third-order valence-corrected chi connectivity index (χ3v) is 4.99. The molecule has 1 aliphatic heterocycles. The Morgan fingerprint density at radius 2 is 1.79 bits per heavy atom. The zero-order chi connectivity index (χ0) is 19.8. The highest BCUT2D eigenvalue weighted by Crippen LogP contribution is 2.20. The van der Waals surface area contributed by atoms with Crippen molar-refractivity contribution in [3.05, 3.63) is 54.4 Å². The highest BCUT2D eigenvalue weighted by Gasteiger charge is 2.16. The normalized spacial score (nSPS) is 14.7. The first-order valence-electron chi connectivity index (χ1n) is 9.96. The number of nitrogens with one attached hydrogen (secondary N) is 1. The van der Waals surface area contributed by atoms with Crippen LogP contribution >= 0.6 is 0 Å². The number of hydrogen-bond donors (Lipinski definition) is 1. The van der Waals surface area contributed by atoms with Crippen LogP contribution in [0.2, 0.25) is 0 Å². The Balaban J connectivity index is 1.45. The number of Topliss-reactive ketones (excluding diaryl/α,β-unsaturated/α-hetero) is 1. The van der Waals surface area contributed by atoms with Crippen molar-refractivity contribution in [1.82, 2.24) is 9.88 Å². The predicted molar refractivity (Wildman–Crippen MR) is 112 cm³/mol. The number of carbonyl (C=O) groups excluding carboxylic acids is 2. The zero-order valence-electron chi connectivity index (χ0n) is 16.4. The predicted octanol–water partition coefficient (Wildman–Crippen LogP) is 3.22. The minimum Gasteiger partial charge on any atom is -0.369 e. The molecule has 0 spiro atoms. The Hall–Kier alpha value is -2.73. The maximum Gasteiger partial charge on any atom is 0.224 e. The number of carbonyl (C=O) groups is 2. The average Bonchev–Trinajstić information content (AvgIpc) is 2.74. The molecule has 0 bridgehead atoms. The third-order valence-electron chi connectivity index (χ3n) is 4.99. The van der Waals surface area contributed by atoms with Gasteiger partial charge in [0.25, 0.3) is 0 Å². The number of rotatable bonds is 8. The number of pyridine rings is 1. The fraction of sp³-hybridized carbons (Fsp3) is 0.409. The molecule has 6 heteroatoms. The summed E-state index contributed by atoms with van der Waals surface area (Å²) in [6, 6.07) is 11.4. The molecule has 2 heterocycles. The van der Waals surface area contributed by atoms with Crippen LogP contribution in [0.3, 0.4) is 0 Å². The maximum absolute atomic E-state index is 12.1. The number of amides is 1. The second-order valence-corrected chi connectivity index (χ2v) is 7.09. The molecule has 1 fully saturated rings. The molecular weight excluding hydrogens is 352 g/mol. The summed E-state index contributed by atoms with van der Waals surface area (Å²) in [4.78, 5) is 33.0. The lowest BCUT2D eigenvalue weighted by atomic mass is 10.1. The van der Waals surface area contributed by atoms with E-state index in [0.717, 1.165) is 31.9 Å². The number of aromatic nitrogens is 1. The van der Waals surface area contributed by atoms with Gasteiger partial charge < -0.3 is 10.2 Å². The highest BCUT2D eigenvalue weighted by atomic mass is 16.2. The summed E-state index contributed by atoms with van der Waals surface area (Å²) in [7, 11) is 0. The van der Waals surface area contributed by atoms with Crippen molar-refractivity contribution in [2.45, 2.75) is 26.2 Å². The minimum absolute atomic E-state index is 0.0687. The number of anilines is 2. The van der Waals surface area contributed by atoms with Crippen LogP contribution in [0.4, 0.5) is 11.4 Å². The van der Waals surface area contributed by atoms with Gasteiger partial charge in [0.15, 0.2) is 5.78 Å². The van der Waals surface area contributed by atoms with Crippen LogP contribution in [0.5, 0.6) is 0 Å². The van der Waals surface area contributed by atoms with E-state index in [1.165, 1.54) is 24.8 Å². The van der Waals surface area contributed by atoms with Crippen LogP contribution in [0.15, 0.2) is 48.8 Å². The van der Waals surface area contributed by atoms with E-state index >= 15 is 0 Å². The topological polar surface area (TPSA) is 65.5 Å². The largest absolute Gasteiger partial charge is 0.369 e. The van der Waals surface area contributed by atoms with Gasteiger partial charge in [0.1, 0.15) is 0 Å². The summed E-state index contributed by atoms with van der Waals surface area (Å²) >= 11 is 0. The second-order valence-electron chi connectivity index (χ2n) is 7.09. The summed E-state index contributed by atoms with van der Waals surface area (Å²) in [5.74, 6) is -0.223. The second kappa shape index (κ2) is 9.99.